The van der Waals surface area contributed by atoms with Gasteiger partial charge in [0.05, 0.1) is 12.7 Å². The number of quaternary nitrogens is 1. The largest absolute Gasteiger partial charge is 0.488 e. The first-order chi connectivity index (χ1) is 11.6. The highest BCUT2D eigenvalue weighted by Crippen LogP contribution is 2.15. The summed E-state index contributed by atoms with van der Waals surface area (Å²) in [6.07, 6.45) is 0. The lowest BCUT2D eigenvalue weighted by atomic mass is 10.1. The molecule has 1 amide bonds. The third-order valence-corrected chi connectivity index (χ3v) is 3.58. The highest BCUT2D eigenvalue weighted by Gasteiger charge is 2.13. The van der Waals surface area contributed by atoms with Gasteiger partial charge in [-0.3, -0.25) is 9.59 Å². The molecule has 2 aromatic rings. The third kappa shape index (κ3) is 5.52. The molecule has 2 aromatic carbocycles. The van der Waals surface area contributed by atoms with Gasteiger partial charge in [-0.05, 0) is 31.2 Å². The molecule has 24 heavy (non-hydrogen) atoms. The molecule has 0 aliphatic heterocycles. The normalized spacial score (nSPS) is 11.6. The molecule has 5 nitrogen and oxygen atoms in total. The van der Waals surface area contributed by atoms with Crippen molar-refractivity contribution in [2.75, 3.05) is 32.1 Å². The van der Waals surface area contributed by atoms with Crippen LogP contribution in [-0.2, 0) is 4.79 Å². The first-order valence-electron chi connectivity index (χ1n) is 7.95. The summed E-state index contributed by atoms with van der Waals surface area (Å²) in [5, 5.41) is 2.81. The summed E-state index contributed by atoms with van der Waals surface area (Å²) in [6.45, 7) is 3.04. The monoisotopic (exact) mass is 327 g/mol. The molecule has 0 bridgehead atoms. The van der Waals surface area contributed by atoms with E-state index >= 15 is 0 Å². The van der Waals surface area contributed by atoms with Crippen molar-refractivity contribution in [2.24, 2.45) is 0 Å². The number of nitrogens with one attached hydrogen (secondary N) is 2. The van der Waals surface area contributed by atoms with Gasteiger partial charge in [0, 0.05) is 5.56 Å². The van der Waals surface area contributed by atoms with E-state index in [1.807, 2.05) is 37.4 Å². The van der Waals surface area contributed by atoms with E-state index in [-0.39, 0.29) is 11.7 Å². The van der Waals surface area contributed by atoms with E-state index in [9.17, 15) is 9.59 Å². The minimum absolute atomic E-state index is 0.0668. The lowest BCUT2D eigenvalue weighted by Gasteiger charge is -2.15. The maximum Gasteiger partial charge on any atom is 0.279 e. The summed E-state index contributed by atoms with van der Waals surface area (Å²) in [5.41, 5.74) is 1.08. The fourth-order valence-electron chi connectivity index (χ4n) is 2.32. The molecule has 0 aromatic heterocycles. The molecular weight excluding hydrogens is 304 g/mol. The van der Waals surface area contributed by atoms with Crippen LogP contribution >= 0.6 is 0 Å². The Balaban J connectivity index is 1.78. The zero-order valence-corrected chi connectivity index (χ0v) is 14.0. The van der Waals surface area contributed by atoms with Gasteiger partial charge < -0.3 is 15.0 Å². The average Bonchev–Trinajstić information content (AvgIpc) is 2.56. The summed E-state index contributed by atoms with van der Waals surface area (Å²) >= 11 is 0. The molecule has 0 saturated heterocycles. The van der Waals surface area contributed by atoms with E-state index in [0.29, 0.717) is 30.9 Å². The molecule has 1 unspecified atom stereocenters. The van der Waals surface area contributed by atoms with Crippen LogP contribution in [0.3, 0.4) is 0 Å². The highest BCUT2D eigenvalue weighted by molar-refractivity contribution is 6.03. The van der Waals surface area contributed by atoms with Gasteiger partial charge in [-0.25, -0.2) is 0 Å². The molecule has 0 saturated carbocycles. The summed E-state index contributed by atoms with van der Waals surface area (Å²) < 4.78 is 5.63. The Morgan fingerprint density at radius 3 is 2.42 bits per heavy atom. The molecule has 0 heterocycles. The number of hydrogen-bond acceptors (Lipinski definition) is 3. The predicted octanol–water partition coefficient (Wildman–Crippen LogP) is 1.42. The third-order valence-electron chi connectivity index (χ3n) is 3.58. The number of ether oxygens (including phenoxy) is 1. The van der Waals surface area contributed by atoms with Crippen LogP contribution in [0.4, 0.5) is 5.69 Å². The van der Waals surface area contributed by atoms with Crippen molar-refractivity contribution >= 4 is 17.4 Å². The van der Waals surface area contributed by atoms with Crippen LogP contribution in [-0.4, -0.2) is 38.4 Å². The summed E-state index contributed by atoms with van der Waals surface area (Å²) in [6, 6.07) is 16.6. The number of likely N-dealkylation sites (N-methyl/N-ethyl adjacent to an activating group) is 1. The van der Waals surface area contributed by atoms with Crippen molar-refractivity contribution in [1.82, 2.24) is 0 Å². The Morgan fingerprint density at radius 1 is 1.04 bits per heavy atom. The summed E-state index contributed by atoms with van der Waals surface area (Å²) in [5.74, 6) is 0.633. The fraction of sp³-hybridized carbons (Fsp3) is 0.263. The van der Waals surface area contributed by atoms with Crippen molar-refractivity contribution < 1.29 is 19.2 Å². The SMILES string of the molecule is CC(=O)c1ccccc1NC(=O)C[NH+](C)CCOc1ccccc1. The molecule has 5 heteroatoms. The topological polar surface area (TPSA) is 59.8 Å². The van der Waals surface area contributed by atoms with Gasteiger partial charge >= 0.3 is 0 Å². The quantitative estimate of drug-likeness (QED) is 0.721. The van der Waals surface area contributed by atoms with Crippen LogP contribution in [0.1, 0.15) is 17.3 Å². The van der Waals surface area contributed by atoms with Crippen LogP contribution in [0, 0.1) is 0 Å². The number of para-hydroxylation sites is 2. The Hall–Kier alpha value is -2.66. The second kappa shape index (κ2) is 8.84. The van der Waals surface area contributed by atoms with E-state index in [1.54, 1.807) is 24.3 Å². The van der Waals surface area contributed by atoms with Crippen LogP contribution in [0.5, 0.6) is 5.75 Å². The first kappa shape index (κ1) is 17.7. The average molecular weight is 327 g/mol. The molecule has 126 valence electrons. The molecule has 1 atom stereocenters. The van der Waals surface area contributed by atoms with Crippen LogP contribution < -0.4 is 15.0 Å². The van der Waals surface area contributed by atoms with Crippen LogP contribution in [0.25, 0.3) is 0 Å². The molecule has 2 N–H and O–H groups in total. The van der Waals surface area contributed by atoms with Crippen LogP contribution in [0.15, 0.2) is 54.6 Å². The predicted molar refractivity (Wildman–Crippen MR) is 93.6 cm³/mol. The Morgan fingerprint density at radius 2 is 1.71 bits per heavy atom. The zero-order chi connectivity index (χ0) is 17.4. The Bertz CT molecular complexity index is 686. The summed E-state index contributed by atoms with van der Waals surface area (Å²) in [7, 11) is 1.94. The fourth-order valence-corrected chi connectivity index (χ4v) is 2.32. The number of carbonyl (C=O) groups excluding carboxylic acids is 2. The van der Waals surface area contributed by atoms with Gasteiger partial charge in [-0.15, -0.1) is 0 Å². The maximum absolute atomic E-state index is 12.1. The Labute approximate surface area is 142 Å². The second-order valence-electron chi connectivity index (χ2n) is 5.70. The lowest BCUT2D eigenvalue weighted by Crippen LogP contribution is -3.10. The van der Waals surface area contributed by atoms with Gasteiger partial charge in [-0.2, -0.15) is 0 Å². The molecular formula is C19H23N2O3+. The molecule has 0 aliphatic carbocycles. The number of rotatable bonds is 8. The zero-order valence-electron chi connectivity index (χ0n) is 14.0. The summed E-state index contributed by atoms with van der Waals surface area (Å²) in [4.78, 5) is 24.8. The number of benzene rings is 2. The number of hydrogen-bond donors (Lipinski definition) is 2. The van der Waals surface area contributed by atoms with Crippen molar-refractivity contribution in [1.29, 1.82) is 0 Å². The van der Waals surface area contributed by atoms with E-state index < -0.39 is 0 Å². The van der Waals surface area contributed by atoms with E-state index in [0.717, 1.165) is 10.6 Å². The van der Waals surface area contributed by atoms with E-state index in [2.05, 4.69) is 5.32 Å². The molecule has 0 fully saturated rings. The smallest absolute Gasteiger partial charge is 0.279 e. The van der Waals surface area contributed by atoms with Crippen molar-refractivity contribution in [3.8, 4) is 5.75 Å². The Kier molecular flexibility index (Phi) is 6.51. The van der Waals surface area contributed by atoms with Gasteiger partial charge in [-0.1, -0.05) is 30.3 Å². The highest BCUT2D eigenvalue weighted by atomic mass is 16.5. The van der Waals surface area contributed by atoms with E-state index in [4.69, 9.17) is 4.74 Å². The van der Waals surface area contributed by atoms with Gasteiger partial charge in [0.1, 0.15) is 18.9 Å². The molecule has 0 radical (unpaired) electrons. The minimum Gasteiger partial charge on any atom is -0.488 e. The first-order valence-corrected chi connectivity index (χ1v) is 7.95. The number of ketones is 1. The number of amides is 1. The maximum atomic E-state index is 12.1. The molecule has 0 spiro atoms. The van der Waals surface area contributed by atoms with Crippen molar-refractivity contribution in [2.45, 2.75) is 6.92 Å². The minimum atomic E-state index is -0.124. The van der Waals surface area contributed by atoms with Gasteiger partial charge in [0.2, 0.25) is 0 Å². The number of carbonyl (C=O) groups is 2. The molecule has 2 rings (SSSR count). The second-order valence-corrected chi connectivity index (χ2v) is 5.70. The van der Waals surface area contributed by atoms with E-state index in [1.165, 1.54) is 6.92 Å². The standard InChI is InChI=1S/C19H22N2O3/c1-15(22)17-10-6-7-11-18(17)20-19(23)14-21(2)12-13-24-16-8-4-3-5-9-16/h3-11H,12-14H2,1-2H3,(H,20,23)/p+1. The lowest BCUT2D eigenvalue weighted by molar-refractivity contribution is -0.871. The van der Waals surface area contributed by atoms with Crippen molar-refractivity contribution in [3.05, 3.63) is 60.2 Å². The number of Topliss-reactive ketones (excluding diaryl/α,β-unsaturated/α-hetero) is 1. The van der Waals surface area contributed by atoms with Gasteiger partial charge in [0.15, 0.2) is 12.3 Å². The number of anilines is 1. The van der Waals surface area contributed by atoms with Gasteiger partial charge in [0.25, 0.3) is 5.91 Å². The van der Waals surface area contributed by atoms with Crippen LogP contribution in [0.2, 0.25) is 0 Å². The van der Waals surface area contributed by atoms with Crippen molar-refractivity contribution in [3.63, 3.8) is 0 Å². The molecule has 0 aliphatic rings.